The van der Waals surface area contributed by atoms with Gasteiger partial charge < -0.3 is 30.1 Å². The van der Waals surface area contributed by atoms with Crippen molar-refractivity contribution < 1.29 is 23.9 Å². The fraction of sp³-hybridized carbons (Fsp3) is 0.706. The number of likely N-dealkylation sites (tertiary alicyclic amines) is 2. The van der Waals surface area contributed by atoms with Crippen LogP contribution >= 0.6 is 0 Å². The smallest absolute Gasteiger partial charge is 0.329 e. The molecule has 2 N–H and O–H groups in total. The van der Waals surface area contributed by atoms with Gasteiger partial charge in [-0.15, -0.1) is 0 Å². The second kappa shape index (κ2) is 13.6. The Morgan fingerprint density at radius 1 is 0.977 bits per heavy atom. The van der Waals surface area contributed by atoms with E-state index in [4.69, 9.17) is 4.74 Å². The Morgan fingerprint density at radius 3 is 2.52 bits per heavy atom. The standard InChI is InChI=1S/C34H49N5O5/c1-22(35-2)31(40)36-30(25-8-4-3-5-9-25)33(42)38-18-15-24-14-17-37(21-29(24)38)16-13-23-7-6-10-26(19-23)32(41)39-20-27-11-12-28(39)34(43)44-27/h6-7,10,19,22,24-25,27-30,35H,3-5,8-9,11-18,20-21H2,1-2H3,(H,36,40)/t22-,24+,27?,28?,29+,30-/m0/s1. The molecule has 2 bridgehead atoms. The zero-order valence-electron chi connectivity index (χ0n) is 26.3. The fourth-order valence-corrected chi connectivity index (χ4v) is 8.18. The summed E-state index contributed by atoms with van der Waals surface area (Å²) in [6.45, 7) is 5.77. The Bertz CT molecular complexity index is 1230. The summed E-state index contributed by atoms with van der Waals surface area (Å²) < 4.78 is 5.37. The van der Waals surface area contributed by atoms with Gasteiger partial charge in [0.05, 0.1) is 12.6 Å². The zero-order valence-corrected chi connectivity index (χ0v) is 26.3. The van der Waals surface area contributed by atoms with E-state index in [0.717, 1.165) is 83.1 Å². The Labute approximate surface area is 261 Å². The SMILES string of the molecule is CN[C@@H](C)C(=O)N[C@H](C(=O)N1CC[C@H]2CCN(CCc3cccc(C(=O)N4CC5CCC4C(=O)O5)c3)C[C@H]21)C1CCCCC1. The van der Waals surface area contributed by atoms with Gasteiger partial charge >= 0.3 is 5.97 Å². The van der Waals surface area contributed by atoms with Crippen LogP contribution in [0.15, 0.2) is 24.3 Å². The van der Waals surface area contributed by atoms with Crippen LogP contribution in [0.5, 0.6) is 0 Å². The highest BCUT2D eigenvalue weighted by Gasteiger charge is 2.45. The number of likely N-dealkylation sites (N-methyl/N-ethyl adjacent to an activating group) is 1. The Balaban J connectivity index is 1.08. The van der Waals surface area contributed by atoms with Crippen LogP contribution in [0.4, 0.5) is 0 Å². The molecule has 5 aliphatic heterocycles. The molecule has 3 amide bonds. The van der Waals surface area contributed by atoms with E-state index in [1.165, 1.54) is 6.42 Å². The van der Waals surface area contributed by atoms with Crippen LogP contribution in [0.1, 0.15) is 80.6 Å². The molecule has 10 nitrogen and oxygen atoms in total. The summed E-state index contributed by atoms with van der Waals surface area (Å²) in [4.78, 5) is 58.9. The molecular formula is C34H49N5O5. The number of nitrogens with one attached hydrogen (secondary N) is 2. The third kappa shape index (κ3) is 6.52. The van der Waals surface area contributed by atoms with Gasteiger partial charge in [0.2, 0.25) is 11.8 Å². The molecule has 6 fully saturated rings. The number of hydrogen-bond donors (Lipinski definition) is 2. The summed E-state index contributed by atoms with van der Waals surface area (Å²) in [5, 5.41) is 6.16. The van der Waals surface area contributed by atoms with Crippen molar-refractivity contribution in [2.24, 2.45) is 11.8 Å². The van der Waals surface area contributed by atoms with Gasteiger partial charge in [0.1, 0.15) is 18.2 Å². The lowest BCUT2D eigenvalue weighted by Crippen LogP contribution is -2.59. The third-order valence-corrected chi connectivity index (χ3v) is 11.0. The molecule has 10 heteroatoms. The first-order chi connectivity index (χ1) is 21.3. The summed E-state index contributed by atoms with van der Waals surface area (Å²) in [5.41, 5.74) is 1.72. The minimum atomic E-state index is -0.465. The summed E-state index contributed by atoms with van der Waals surface area (Å²) in [6.07, 6.45) is 9.63. The molecular weight excluding hydrogens is 558 g/mol. The summed E-state index contributed by atoms with van der Waals surface area (Å²) in [6, 6.07) is 6.71. The second-order valence-corrected chi connectivity index (χ2v) is 13.7. The summed E-state index contributed by atoms with van der Waals surface area (Å²) in [5.74, 6) is 0.323. The number of amides is 3. The van der Waals surface area contributed by atoms with Crippen molar-refractivity contribution in [2.75, 3.05) is 39.8 Å². The van der Waals surface area contributed by atoms with E-state index in [9.17, 15) is 19.2 Å². The highest BCUT2D eigenvalue weighted by atomic mass is 16.6. The number of fused-ring (bicyclic) bond motifs is 4. The van der Waals surface area contributed by atoms with Crippen molar-refractivity contribution in [3.05, 3.63) is 35.4 Å². The molecule has 5 saturated heterocycles. The lowest BCUT2D eigenvalue weighted by Gasteiger charge is -2.43. The average Bonchev–Trinajstić information content (AvgIpc) is 3.49. The maximum Gasteiger partial charge on any atom is 0.329 e. The first-order valence-corrected chi connectivity index (χ1v) is 16.9. The minimum Gasteiger partial charge on any atom is -0.459 e. The van der Waals surface area contributed by atoms with Crippen LogP contribution in [0.3, 0.4) is 0 Å². The van der Waals surface area contributed by atoms with Gasteiger partial charge in [0.15, 0.2) is 0 Å². The normalized spacial score (nSPS) is 28.7. The van der Waals surface area contributed by atoms with E-state index < -0.39 is 12.1 Å². The van der Waals surface area contributed by atoms with Crippen molar-refractivity contribution in [1.29, 1.82) is 0 Å². The maximum atomic E-state index is 14.1. The molecule has 0 spiro atoms. The number of ether oxygens (including phenoxy) is 1. The first kappa shape index (κ1) is 31.0. The maximum absolute atomic E-state index is 14.1. The van der Waals surface area contributed by atoms with E-state index in [0.29, 0.717) is 24.4 Å². The van der Waals surface area contributed by atoms with Crippen LogP contribution < -0.4 is 10.6 Å². The molecule has 7 rings (SSSR count). The van der Waals surface area contributed by atoms with Crippen molar-refractivity contribution in [1.82, 2.24) is 25.3 Å². The van der Waals surface area contributed by atoms with E-state index >= 15 is 0 Å². The monoisotopic (exact) mass is 607 g/mol. The third-order valence-electron chi connectivity index (χ3n) is 11.0. The molecule has 5 heterocycles. The van der Waals surface area contributed by atoms with E-state index in [1.807, 2.05) is 25.1 Å². The van der Waals surface area contributed by atoms with Crippen molar-refractivity contribution in [3.8, 4) is 0 Å². The van der Waals surface area contributed by atoms with Crippen LogP contribution in [-0.4, -0.2) is 108 Å². The number of carbonyl (C=O) groups excluding carboxylic acids is 4. The number of morpholine rings is 1. The quantitative estimate of drug-likeness (QED) is 0.415. The van der Waals surface area contributed by atoms with Gasteiger partial charge in [0, 0.05) is 31.2 Å². The molecule has 2 unspecified atom stereocenters. The van der Waals surface area contributed by atoms with Gasteiger partial charge in [-0.2, -0.15) is 0 Å². The number of rotatable bonds is 9. The van der Waals surface area contributed by atoms with E-state index in [2.05, 4.69) is 26.5 Å². The molecule has 1 aromatic rings. The lowest BCUT2D eigenvalue weighted by molar-refractivity contribution is -0.172. The number of benzene rings is 1. The molecule has 1 aliphatic carbocycles. The lowest BCUT2D eigenvalue weighted by atomic mass is 9.83. The number of hydrogen-bond acceptors (Lipinski definition) is 7. The van der Waals surface area contributed by atoms with Crippen LogP contribution in [-0.2, 0) is 25.5 Å². The highest BCUT2D eigenvalue weighted by Crippen LogP contribution is 2.35. The fourth-order valence-electron chi connectivity index (χ4n) is 8.18. The molecule has 0 aromatic heterocycles. The number of nitrogens with zero attached hydrogens (tertiary/aromatic N) is 3. The van der Waals surface area contributed by atoms with E-state index in [-0.39, 0.29) is 47.8 Å². The minimum absolute atomic E-state index is 0.0946. The second-order valence-electron chi connectivity index (χ2n) is 13.7. The van der Waals surface area contributed by atoms with Crippen molar-refractivity contribution in [3.63, 3.8) is 0 Å². The largest absolute Gasteiger partial charge is 0.459 e. The predicted octanol–water partition coefficient (Wildman–Crippen LogP) is 2.35. The van der Waals surface area contributed by atoms with Gasteiger partial charge in [0.25, 0.3) is 5.91 Å². The Kier molecular flexibility index (Phi) is 9.56. The molecule has 240 valence electrons. The molecule has 6 atom stereocenters. The van der Waals surface area contributed by atoms with Crippen LogP contribution in [0, 0.1) is 11.8 Å². The van der Waals surface area contributed by atoms with Gasteiger partial charge in [-0.3, -0.25) is 14.4 Å². The highest BCUT2D eigenvalue weighted by molar-refractivity contribution is 5.97. The molecule has 44 heavy (non-hydrogen) atoms. The van der Waals surface area contributed by atoms with Crippen molar-refractivity contribution >= 4 is 23.7 Å². The molecule has 1 aromatic carbocycles. The first-order valence-electron chi connectivity index (χ1n) is 16.9. The predicted molar refractivity (Wildman–Crippen MR) is 166 cm³/mol. The number of carbonyl (C=O) groups is 4. The van der Waals surface area contributed by atoms with Crippen LogP contribution in [0.25, 0.3) is 0 Å². The average molecular weight is 608 g/mol. The summed E-state index contributed by atoms with van der Waals surface area (Å²) >= 11 is 0. The Morgan fingerprint density at radius 2 is 1.77 bits per heavy atom. The van der Waals surface area contributed by atoms with Crippen LogP contribution in [0.2, 0.25) is 0 Å². The molecule has 1 saturated carbocycles. The zero-order chi connectivity index (χ0) is 30.8. The van der Waals surface area contributed by atoms with Gasteiger partial charge in [-0.25, -0.2) is 4.79 Å². The van der Waals surface area contributed by atoms with Gasteiger partial charge in [-0.1, -0.05) is 31.4 Å². The number of esters is 1. The topological polar surface area (TPSA) is 111 Å². The molecule has 6 aliphatic rings. The Hall–Kier alpha value is -2.98. The van der Waals surface area contributed by atoms with Gasteiger partial charge in [-0.05, 0) is 95.0 Å². The van der Waals surface area contributed by atoms with E-state index in [1.54, 1.807) is 11.9 Å². The molecule has 0 radical (unpaired) electrons. The van der Waals surface area contributed by atoms with Crippen molar-refractivity contribution in [2.45, 2.75) is 101 Å². The summed E-state index contributed by atoms with van der Waals surface area (Å²) in [7, 11) is 1.77. The number of piperidine rings is 2.